The molecule has 2 aromatic heterocycles. The van der Waals surface area contributed by atoms with Gasteiger partial charge in [-0.05, 0) is 114 Å². The van der Waals surface area contributed by atoms with Gasteiger partial charge in [0.15, 0.2) is 6.10 Å². The maximum atomic E-state index is 12.7. The van der Waals surface area contributed by atoms with Crippen LogP contribution in [0.4, 0.5) is 0 Å². The Balaban J connectivity index is 1.31. The van der Waals surface area contributed by atoms with Crippen molar-refractivity contribution in [1.82, 2.24) is 19.7 Å². The van der Waals surface area contributed by atoms with Gasteiger partial charge in [-0.1, -0.05) is 23.7 Å². The number of aryl methyl sites for hydroxylation is 2. The summed E-state index contributed by atoms with van der Waals surface area (Å²) in [5, 5.41) is 27.8. The molecule has 2 aliphatic rings. The van der Waals surface area contributed by atoms with E-state index in [1.165, 1.54) is 0 Å². The first kappa shape index (κ1) is 32.2. The largest absolute Gasteiger partial charge is 0.479 e. The van der Waals surface area contributed by atoms with Crippen LogP contribution in [0.25, 0.3) is 42.8 Å². The Labute approximate surface area is 283 Å². The van der Waals surface area contributed by atoms with Gasteiger partial charge in [-0.2, -0.15) is 5.10 Å². The molecule has 3 aromatic carbocycles. The van der Waals surface area contributed by atoms with Crippen LogP contribution in [-0.2, 0) is 16.6 Å². The first-order valence-corrected chi connectivity index (χ1v) is 17.6. The third-order valence-electron chi connectivity index (χ3n) is 9.67. The fourth-order valence-electron chi connectivity index (χ4n) is 7.28. The summed E-state index contributed by atoms with van der Waals surface area (Å²) in [4.78, 5) is 20.4. The SMILES string of the molecule is Cc1cc2nc(-c3ccc4c(c3)c(C3CCN(C5CC(O)C5)CC3)nn4C)sc2c(-c2ccc(Cl)cc2)c1[C@H](OC(C)(C)C)C(=O)O. The summed E-state index contributed by atoms with van der Waals surface area (Å²) in [6.45, 7) is 9.61. The minimum Gasteiger partial charge on any atom is -0.479 e. The number of benzene rings is 3. The van der Waals surface area contributed by atoms with Crippen molar-refractivity contribution in [3.8, 4) is 21.7 Å². The molecule has 47 heavy (non-hydrogen) atoms. The van der Waals surface area contributed by atoms with Crippen molar-refractivity contribution in [2.24, 2.45) is 7.05 Å². The van der Waals surface area contributed by atoms with E-state index in [1.54, 1.807) is 11.3 Å². The molecule has 7 rings (SSSR count). The number of thiazole rings is 1. The molecular formula is C37H41ClN4O4S. The fourth-order valence-corrected chi connectivity index (χ4v) is 8.53. The maximum absolute atomic E-state index is 12.7. The number of carbonyl (C=O) groups is 1. The van der Waals surface area contributed by atoms with E-state index in [-0.39, 0.29) is 6.10 Å². The van der Waals surface area contributed by atoms with Crippen molar-refractivity contribution in [3.63, 3.8) is 0 Å². The van der Waals surface area contributed by atoms with Gasteiger partial charge in [-0.25, -0.2) is 9.78 Å². The number of rotatable bonds is 7. The molecule has 2 N–H and O–H groups in total. The molecule has 0 unspecified atom stereocenters. The molecule has 3 heterocycles. The predicted molar refractivity (Wildman–Crippen MR) is 188 cm³/mol. The Morgan fingerprint density at radius 1 is 1.06 bits per heavy atom. The fraction of sp³-hybridized carbons (Fsp3) is 0.432. The molecule has 0 amide bonds. The average molecular weight is 673 g/mol. The van der Waals surface area contributed by atoms with Crippen molar-refractivity contribution < 1.29 is 19.7 Å². The number of carboxylic acids is 1. The Hall–Kier alpha value is -3.34. The van der Waals surface area contributed by atoms with E-state index < -0.39 is 17.7 Å². The topological polar surface area (TPSA) is 101 Å². The summed E-state index contributed by atoms with van der Waals surface area (Å²) >= 11 is 7.85. The average Bonchev–Trinajstić information content (AvgIpc) is 3.58. The van der Waals surface area contributed by atoms with Gasteiger partial charge in [-0.3, -0.25) is 4.68 Å². The lowest BCUT2D eigenvalue weighted by atomic mass is 9.84. The van der Waals surface area contributed by atoms with Crippen LogP contribution in [0.15, 0.2) is 48.5 Å². The Kier molecular flexibility index (Phi) is 8.42. The highest BCUT2D eigenvalue weighted by Gasteiger charge is 2.36. The number of ether oxygens (including phenoxy) is 1. The van der Waals surface area contributed by atoms with Gasteiger partial charge < -0.3 is 19.8 Å². The molecular weight excluding hydrogens is 632 g/mol. The van der Waals surface area contributed by atoms with Crippen LogP contribution in [0.2, 0.25) is 5.02 Å². The van der Waals surface area contributed by atoms with Crippen LogP contribution >= 0.6 is 22.9 Å². The van der Waals surface area contributed by atoms with Crippen LogP contribution in [0.1, 0.15) is 75.3 Å². The zero-order valence-corrected chi connectivity index (χ0v) is 29.0. The molecule has 10 heteroatoms. The number of aliphatic hydroxyl groups is 1. The van der Waals surface area contributed by atoms with Crippen LogP contribution < -0.4 is 0 Å². The quantitative estimate of drug-likeness (QED) is 0.180. The normalized spacial score (nSPS) is 20.1. The van der Waals surface area contributed by atoms with E-state index in [9.17, 15) is 15.0 Å². The third-order valence-corrected chi connectivity index (χ3v) is 11.1. The smallest absolute Gasteiger partial charge is 0.337 e. The highest BCUT2D eigenvalue weighted by molar-refractivity contribution is 7.22. The number of hydrogen-bond donors (Lipinski definition) is 2. The van der Waals surface area contributed by atoms with Gasteiger partial charge in [0.25, 0.3) is 0 Å². The Bertz CT molecular complexity index is 1960. The lowest BCUT2D eigenvalue weighted by Crippen LogP contribution is -2.49. The van der Waals surface area contributed by atoms with Crippen molar-refractivity contribution in [2.45, 2.75) is 83.1 Å². The molecule has 2 fully saturated rings. The summed E-state index contributed by atoms with van der Waals surface area (Å²) in [5.41, 5.74) is 6.50. The minimum absolute atomic E-state index is 0.133. The van der Waals surface area contributed by atoms with E-state index in [4.69, 9.17) is 26.4 Å². The molecule has 1 atom stereocenters. The van der Waals surface area contributed by atoms with Gasteiger partial charge in [0.1, 0.15) is 5.01 Å². The second-order valence-corrected chi connectivity index (χ2v) is 15.6. The highest BCUT2D eigenvalue weighted by Crippen LogP contribution is 2.45. The minimum atomic E-state index is -1.16. The van der Waals surface area contributed by atoms with E-state index in [2.05, 4.69) is 23.1 Å². The predicted octanol–water partition coefficient (Wildman–Crippen LogP) is 8.12. The number of nitrogens with zero attached hydrogens (tertiary/aromatic N) is 4. The third kappa shape index (κ3) is 6.20. The second kappa shape index (κ2) is 12.3. The molecule has 0 spiro atoms. The van der Waals surface area contributed by atoms with Crippen molar-refractivity contribution in [1.29, 1.82) is 0 Å². The zero-order valence-electron chi connectivity index (χ0n) is 27.5. The molecule has 1 saturated heterocycles. The summed E-state index contributed by atoms with van der Waals surface area (Å²) in [6, 6.07) is 16.5. The number of aliphatic carboxylic acids is 1. The zero-order chi connectivity index (χ0) is 33.2. The number of hydrogen-bond acceptors (Lipinski definition) is 7. The number of piperidine rings is 1. The van der Waals surface area contributed by atoms with E-state index in [0.717, 1.165) is 92.8 Å². The summed E-state index contributed by atoms with van der Waals surface area (Å²) in [7, 11) is 2.01. The molecule has 0 bridgehead atoms. The summed E-state index contributed by atoms with van der Waals surface area (Å²) in [5.74, 6) is -0.656. The van der Waals surface area contributed by atoms with E-state index in [1.807, 2.05) is 69.8 Å². The summed E-state index contributed by atoms with van der Waals surface area (Å²) in [6.07, 6.45) is 2.60. The standard InChI is InChI=1S/C37H41ClN4O4S/c1-20-16-28-34(31(21-6-9-24(38)10-7-21)30(20)33(36(44)45)46-37(2,3)4)47-35(39-28)23-8-11-29-27(17-23)32(40-41(29)5)22-12-14-42(15-13-22)25-18-26(43)19-25/h6-11,16-17,22,25-26,33,43H,12-15,18-19H2,1-5H3,(H,44,45)/t25?,26?,33-/m0/s1. The van der Waals surface area contributed by atoms with E-state index in [0.29, 0.717) is 22.5 Å². The van der Waals surface area contributed by atoms with E-state index >= 15 is 0 Å². The van der Waals surface area contributed by atoms with Crippen LogP contribution in [0.5, 0.6) is 0 Å². The number of carboxylic acid groups (broad SMARTS) is 1. The van der Waals surface area contributed by atoms with Crippen LogP contribution in [-0.4, -0.2) is 66.7 Å². The summed E-state index contributed by atoms with van der Waals surface area (Å²) < 4.78 is 9.07. The van der Waals surface area contributed by atoms with Gasteiger partial charge in [-0.15, -0.1) is 11.3 Å². The molecule has 0 radical (unpaired) electrons. The molecule has 1 aliphatic heterocycles. The van der Waals surface area contributed by atoms with Gasteiger partial charge in [0.05, 0.1) is 33.1 Å². The van der Waals surface area contributed by atoms with Crippen LogP contribution in [0.3, 0.4) is 0 Å². The number of fused-ring (bicyclic) bond motifs is 2. The number of likely N-dealkylation sites (tertiary alicyclic amines) is 1. The number of aromatic nitrogens is 3. The maximum Gasteiger partial charge on any atom is 0.337 e. The monoisotopic (exact) mass is 672 g/mol. The number of halogens is 1. The molecule has 246 valence electrons. The molecule has 5 aromatic rings. The lowest BCUT2D eigenvalue weighted by molar-refractivity contribution is -0.160. The highest BCUT2D eigenvalue weighted by atomic mass is 35.5. The number of aliphatic hydroxyl groups excluding tert-OH is 1. The first-order chi connectivity index (χ1) is 22.4. The van der Waals surface area contributed by atoms with Crippen molar-refractivity contribution in [2.75, 3.05) is 13.1 Å². The first-order valence-electron chi connectivity index (χ1n) is 16.4. The van der Waals surface area contributed by atoms with Gasteiger partial charge >= 0.3 is 5.97 Å². The Morgan fingerprint density at radius 3 is 2.38 bits per heavy atom. The Morgan fingerprint density at radius 2 is 1.74 bits per heavy atom. The van der Waals surface area contributed by atoms with Crippen molar-refractivity contribution in [3.05, 3.63) is 70.4 Å². The second-order valence-electron chi connectivity index (χ2n) is 14.1. The molecule has 1 saturated carbocycles. The molecule has 8 nitrogen and oxygen atoms in total. The lowest BCUT2D eigenvalue weighted by Gasteiger charge is -2.43. The van der Waals surface area contributed by atoms with Crippen molar-refractivity contribution >= 4 is 50.0 Å². The van der Waals surface area contributed by atoms with Gasteiger partial charge in [0, 0.05) is 46.1 Å². The van der Waals surface area contributed by atoms with Gasteiger partial charge in [0.2, 0.25) is 0 Å². The molecule has 1 aliphatic carbocycles. The van der Waals surface area contributed by atoms with Crippen LogP contribution in [0, 0.1) is 6.92 Å².